The van der Waals surface area contributed by atoms with E-state index in [1.165, 1.54) is 21.7 Å². The zero-order valence-corrected chi connectivity index (χ0v) is 16.9. The number of fused-ring (bicyclic) bond motifs is 1. The first-order chi connectivity index (χ1) is 15.4. The van der Waals surface area contributed by atoms with Gasteiger partial charge in [0.25, 0.3) is 0 Å². The number of aliphatic hydroxyl groups is 1. The quantitative estimate of drug-likeness (QED) is 0.596. The molecule has 0 bridgehead atoms. The van der Waals surface area contributed by atoms with Crippen LogP contribution in [0.3, 0.4) is 0 Å². The van der Waals surface area contributed by atoms with Gasteiger partial charge in [-0.25, -0.2) is 18.3 Å². The molecule has 0 spiro atoms. The van der Waals surface area contributed by atoms with Gasteiger partial charge in [-0.05, 0) is 37.1 Å². The van der Waals surface area contributed by atoms with Crippen LogP contribution in [0, 0.1) is 11.6 Å². The minimum atomic E-state index is -0.847. The highest BCUT2D eigenvalue weighted by atomic mass is 19.1. The van der Waals surface area contributed by atoms with E-state index in [0.717, 1.165) is 18.6 Å². The van der Waals surface area contributed by atoms with Gasteiger partial charge in [-0.1, -0.05) is 0 Å². The number of hydrogen-bond donors (Lipinski definition) is 2. The highest BCUT2D eigenvalue weighted by Gasteiger charge is 2.33. The number of nitrogens with one attached hydrogen (secondary N) is 1. The summed E-state index contributed by atoms with van der Waals surface area (Å²) in [7, 11) is 0. The molecule has 11 heteroatoms. The number of likely N-dealkylation sites (tertiary alicyclic amines) is 1. The monoisotopic (exact) mass is 442 g/mol. The number of carbonyl (C=O) groups is 2. The molecule has 0 aliphatic carbocycles. The number of aromatic nitrogens is 3. The Bertz CT molecular complexity index is 1210. The number of rotatable bonds is 3. The second-order valence-corrected chi connectivity index (χ2v) is 7.95. The van der Waals surface area contributed by atoms with Crippen molar-refractivity contribution in [2.45, 2.75) is 25.0 Å². The average Bonchev–Trinajstić information content (AvgIpc) is 3.39. The summed E-state index contributed by atoms with van der Waals surface area (Å²) in [4.78, 5) is 32.2. The Labute approximate surface area is 181 Å². The fraction of sp³-hybridized carbons (Fsp3) is 0.333. The van der Waals surface area contributed by atoms with Gasteiger partial charge in [-0.2, -0.15) is 5.10 Å². The largest absolute Gasteiger partial charge is 0.389 e. The summed E-state index contributed by atoms with van der Waals surface area (Å²) in [5.74, 6) is -2.04. The van der Waals surface area contributed by atoms with Gasteiger partial charge in [-0.3, -0.25) is 9.59 Å². The summed E-state index contributed by atoms with van der Waals surface area (Å²) in [5, 5.41) is 16.0. The molecule has 166 valence electrons. The van der Waals surface area contributed by atoms with Crippen LogP contribution in [0.5, 0.6) is 0 Å². The maximum absolute atomic E-state index is 14.4. The van der Waals surface area contributed by atoms with E-state index < -0.39 is 29.6 Å². The summed E-state index contributed by atoms with van der Waals surface area (Å²) in [6, 6.07) is 4.76. The van der Waals surface area contributed by atoms with Crippen LogP contribution >= 0.6 is 0 Å². The third-order valence-corrected chi connectivity index (χ3v) is 5.81. The van der Waals surface area contributed by atoms with Crippen molar-refractivity contribution in [3.8, 4) is 0 Å². The van der Waals surface area contributed by atoms with E-state index in [4.69, 9.17) is 0 Å². The normalized spacial score (nSPS) is 18.8. The number of amides is 2. The lowest BCUT2D eigenvalue weighted by molar-refractivity contribution is -0.150. The molecule has 2 saturated heterocycles. The van der Waals surface area contributed by atoms with Crippen molar-refractivity contribution in [3.63, 3.8) is 0 Å². The van der Waals surface area contributed by atoms with Crippen LogP contribution < -0.4 is 10.2 Å². The van der Waals surface area contributed by atoms with Gasteiger partial charge >= 0.3 is 11.8 Å². The predicted molar refractivity (Wildman–Crippen MR) is 110 cm³/mol. The molecule has 2 N–H and O–H groups in total. The highest BCUT2D eigenvalue weighted by molar-refractivity contribution is 6.40. The Hall–Kier alpha value is -3.60. The first-order valence-electron chi connectivity index (χ1n) is 10.2. The number of aliphatic hydroxyl groups excluding tert-OH is 1. The van der Waals surface area contributed by atoms with Crippen molar-refractivity contribution in [3.05, 3.63) is 53.9 Å². The van der Waals surface area contributed by atoms with Gasteiger partial charge in [-0.15, -0.1) is 0 Å². The van der Waals surface area contributed by atoms with E-state index in [1.807, 2.05) is 4.90 Å². The standard InChI is InChI=1S/C21H20F2N6O3/c22-12-3-4-15(23)14(8-12)17-2-1-6-28(17)18-5-7-29-19(26-18)16(9-24-29)25-20(31)21(32)27-10-13(30)11-27/h3-5,7-9,13,17,30H,1-2,6,10-11H2,(H,25,31). The molecule has 2 aliphatic heterocycles. The Morgan fingerprint density at radius 3 is 2.78 bits per heavy atom. The number of carbonyl (C=O) groups excluding carboxylic acids is 2. The molecule has 0 saturated carbocycles. The molecule has 0 radical (unpaired) electrons. The molecule has 2 aliphatic rings. The van der Waals surface area contributed by atoms with Gasteiger partial charge in [0.05, 0.1) is 18.3 Å². The van der Waals surface area contributed by atoms with Crippen LogP contribution in [0.1, 0.15) is 24.4 Å². The molecule has 9 nitrogen and oxygen atoms in total. The lowest BCUT2D eigenvalue weighted by atomic mass is 10.0. The fourth-order valence-corrected chi connectivity index (χ4v) is 4.18. The number of benzene rings is 1. The number of β-amino-alcohol motifs (C(OH)–C–C–N with tert-alkyl or cyclic N) is 1. The second kappa shape index (κ2) is 7.83. The van der Waals surface area contributed by atoms with Gasteiger partial charge in [0.2, 0.25) is 0 Å². The zero-order chi connectivity index (χ0) is 22.4. The van der Waals surface area contributed by atoms with Crippen molar-refractivity contribution in [2.75, 3.05) is 29.9 Å². The SMILES string of the molecule is O=C(Nc1cnn2ccc(N3CCCC3c3cc(F)ccc3F)nc12)C(=O)N1CC(O)C1. The minimum absolute atomic E-state index is 0.121. The molecule has 2 fully saturated rings. The molecular formula is C21H20F2N6O3. The van der Waals surface area contributed by atoms with Crippen molar-refractivity contribution >= 4 is 29.0 Å². The lowest BCUT2D eigenvalue weighted by Gasteiger charge is -2.35. The van der Waals surface area contributed by atoms with E-state index in [-0.39, 0.29) is 30.4 Å². The van der Waals surface area contributed by atoms with Gasteiger partial charge in [0.15, 0.2) is 5.65 Å². The van der Waals surface area contributed by atoms with E-state index in [0.29, 0.717) is 24.4 Å². The lowest BCUT2D eigenvalue weighted by Crippen LogP contribution is -2.56. The second-order valence-electron chi connectivity index (χ2n) is 7.95. The van der Waals surface area contributed by atoms with E-state index in [9.17, 15) is 23.5 Å². The maximum atomic E-state index is 14.4. The van der Waals surface area contributed by atoms with Crippen LogP contribution in [0.15, 0.2) is 36.7 Å². The van der Waals surface area contributed by atoms with E-state index in [1.54, 1.807) is 12.3 Å². The number of halogens is 2. The zero-order valence-electron chi connectivity index (χ0n) is 16.9. The Kier molecular flexibility index (Phi) is 4.97. The van der Waals surface area contributed by atoms with Crippen LogP contribution in [0.25, 0.3) is 5.65 Å². The molecule has 3 aromatic rings. The third-order valence-electron chi connectivity index (χ3n) is 5.81. The molecule has 4 heterocycles. The topological polar surface area (TPSA) is 103 Å². The van der Waals surface area contributed by atoms with Gasteiger partial charge < -0.3 is 20.2 Å². The Morgan fingerprint density at radius 2 is 2.00 bits per heavy atom. The predicted octanol–water partition coefficient (Wildman–Crippen LogP) is 1.49. The number of hydrogen-bond acceptors (Lipinski definition) is 6. The summed E-state index contributed by atoms with van der Waals surface area (Å²) in [5.41, 5.74) is 0.838. The van der Waals surface area contributed by atoms with Crippen molar-refractivity contribution in [1.29, 1.82) is 0 Å². The van der Waals surface area contributed by atoms with Crippen LogP contribution in [0.4, 0.5) is 20.3 Å². The molecule has 1 unspecified atom stereocenters. The fourth-order valence-electron chi connectivity index (χ4n) is 4.18. The van der Waals surface area contributed by atoms with E-state index >= 15 is 0 Å². The molecule has 1 atom stereocenters. The molecule has 5 rings (SSSR count). The smallest absolute Gasteiger partial charge is 0.314 e. The van der Waals surface area contributed by atoms with Gasteiger partial charge in [0, 0.05) is 31.4 Å². The maximum Gasteiger partial charge on any atom is 0.314 e. The molecule has 2 amide bonds. The first-order valence-corrected chi connectivity index (χ1v) is 10.2. The van der Waals surface area contributed by atoms with Crippen LogP contribution in [-0.4, -0.2) is 62.2 Å². The summed E-state index contributed by atoms with van der Waals surface area (Å²) < 4.78 is 29.6. The van der Waals surface area contributed by atoms with Crippen molar-refractivity contribution in [1.82, 2.24) is 19.5 Å². The highest BCUT2D eigenvalue weighted by Crippen LogP contribution is 2.37. The van der Waals surface area contributed by atoms with Crippen LogP contribution in [0.2, 0.25) is 0 Å². The summed E-state index contributed by atoms with van der Waals surface area (Å²) in [6.07, 6.45) is 3.86. The Balaban J connectivity index is 1.41. The molecule has 2 aromatic heterocycles. The summed E-state index contributed by atoms with van der Waals surface area (Å²) in [6.45, 7) is 0.849. The van der Waals surface area contributed by atoms with Crippen molar-refractivity contribution < 1.29 is 23.5 Å². The molecule has 32 heavy (non-hydrogen) atoms. The molecular weight excluding hydrogens is 422 g/mol. The van der Waals surface area contributed by atoms with Crippen molar-refractivity contribution in [2.24, 2.45) is 0 Å². The number of anilines is 2. The van der Waals surface area contributed by atoms with Crippen LogP contribution in [-0.2, 0) is 9.59 Å². The van der Waals surface area contributed by atoms with E-state index in [2.05, 4.69) is 15.4 Å². The number of nitrogens with zero attached hydrogens (tertiary/aromatic N) is 5. The third kappa shape index (κ3) is 3.54. The van der Waals surface area contributed by atoms with Gasteiger partial charge in [0.1, 0.15) is 23.1 Å². The Morgan fingerprint density at radius 1 is 1.19 bits per heavy atom. The average molecular weight is 442 g/mol. The minimum Gasteiger partial charge on any atom is -0.389 e. The first kappa shape index (κ1) is 20.3. The molecule has 1 aromatic carbocycles. The summed E-state index contributed by atoms with van der Waals surface area (Å²) >= 11 is 0.